The first-order valence-corrected chi connectivity index (χ1v) is 7.90. The zero-order valence-corrected chi connectivity index (χ0v) is 12.5. The molecule has 3 aromatic heterocycles. The van der Waals surface area contributed by atoms with E-state index < -0.39 is 11.9 Å². The second-order valence-corrected chi connectivity index (χ2v) is 6.02. The summed E-state index contributed by atoms with van der Waals surface area (Å²) in [4.78, 5) is 12.5. The fourth-order valence-electron chi connectivity index (χ4n) is 1.59. The van der Waals surface area contributed by atoms with E-state index in [-0.39, 0.29) is 5.16 Å². The van der Waals surface area contributed by atoms with Gasteiger partial charge in [-0.1, -0.05) is 17.8 Å². The number of halogens is 3. The highest BCUT2D eigenvalue weighted by molar-refractivity contribution is 7.98. The quantitative estimate of drug-likeness (QED) is 0.515. The predicted molar refractivity (Wildman–Crippen MR) is 76.4 cm³/mol. The molecular weight excluding hydrogens is 335 g/mol. The normalized spacial score (nSPS) is 11.8. The zero-order chi connectivity index (χ0) is 15.6. The van der Waals surface area contributed by atoms with Crippen LogP contribution in [0.15, 0.2) is 45.6 Å². The molecule has 0 aliphatic heterocycles. The Morgan fingerprint density at radius 2 is 2.09 bits per heavy atom. The van der Waals surface area contributed by atoms with Gasteiger partial charge in [0.15, 0.2) is 5.16 Å². The largest absolute Gasteiger partial charge is 0.444 e. The number of thiophene rings is 1. The van der Waals surface area contributed by atoms with Crippen molar-refractivity contribution in [3.8, 4) is 10.8 Å². The van der Waals surface area contributed by atoms with Crippen molar-refractivity contribution in [2.45, 2.75) is 17.1 Å². The summed E-state index contributed by atoms with van der Waals surface area (Å²) in [6.45, 7) is 0. The lowest BCUT2D eigenvalue weighted by Gasteiger charge is -2.05. The Kier molecular flexibility index (Phi) is 4.16. The molecule has 3 heterocycles. The van der Waals surface area contributed by atoms with Crippen molar-refractivity contribution in [3.05, 3.63) is 47.4 Å². The van der Waals surface area contributed by atoms with Gasteiger partial charge in [0.1, 0.15) is 12.0 Å². The second kappa shape index (κ2) is 6.09. The molecule has 0 aromatic carbocycles. The summed E-state index contributed by atoms with van der Waals surface area (Å²) in [5, 5.41) is 1.96. The van der Waals surface area contributed by atoms with Gasteiger partial charge in [-0.2, -0.15) is 13.2 Å². The number of hydrogen-bond donors (Lipinski definition) is 0. The molecule has 0 amide bonds. The first-order valence-electron chi connectivity index (χ1n) is 6.04. The van der Waals surface area contributed by atoms with Crippen molar-refractivity contribution in [1.82, 2.24) is 15.0 Å². The topological polar surface area (TPSA) is 51.8 Å². The van der Waals surface area contributed by atoms with Crippen LogP contribution in [0.2, 0.25) is 0 Å². The molecule has 0 aliphatic rings. The van der Waals surface area contributed by atoms with Crippen LogP contribution in [0.3, 0.4) is 0 Å². The highest BCUT2D eigenvalue weighted by Gasteiger charge is 2.32. The van der Waals surface area contributed by atoms with Crippen LogP contribution in [0.1, 0.15) is 11.4 Å². The number of hydrogen-bond acceptors (Lipinski definition) is 6. The van der Waals surface area contributed by atoms with E-state index in [9.17, 15) is 13.2 Å². The van der Waals surface area contributed by atoms with Gasteiger partial charge in [0.05, 0.1) is 10.6 Å². The lowest BCUT2D eigenvalue weighted by Crippen LogP contribution is -2.08. The third kappa shape index (κ3) is 3.47. The predicted octanol–water partition coefficient (Wildman–Crippen LogP) is 4.50. The van der Waals surface area contributed by atoms with Crippen LogP contribution in [0.4, 0.5) is 13.2 Å². The average molecular weight is 343 g/mol. The number of thioether (sulfide) groups is 1. The van der Waals surface area contributed by atoms with Gasteiger partial charge in [0.25, 0.3) is 0 Å². The molecule has 0 atom stereocenters. The summed E-state index contributed by atoms with van der Waals surface area (Å²) in [5.74, 6) is 0.825. The Balaban J connectivity index is 1.68. The van der Waals surface area contributed by atoms with E-state index >= 15 is 0 Å². The van der Waals surface area contributed by atoms with Crippen LogP contribution in [0.25, 0.3) is 10.8 Å². The summed E-state index contributed by atoms with van der Waals surface area (Å²) in [6, 6.07) is 4.60. The average Bonchev–Trinajstić information content (AvgIpc) is 3.15. The molecule has 0 saturated carbocycles. The minimum absolute atomic E-state index is 0.0514. The number of aromatic nitrogens is 3. The fourth-order valence-corrected chi connectivity index (χ4v) is 2.96. The van der Waals surface area contributed by atoms with Crippen LogP contribution >= 0.6 is 23.1 Å². The van der Waals surface area contributed by atoms with E-state index in [0.717, 1.165) is 28.9 Å². The van der Waals surface area contributed by atoms with Crippen LogP contribution < -0.4 is 0 Å². The van der Waals surface area contributed by atoms with Gasteiger partial charge in [-0.3, -0.25) is 0 Å². The Morgan fingerprint density at radius 1 is 1.23 bits per heavy atom. The molecule has 3 rings (SSSR count). The number of oxazole rings is 1. The van der Waals surface area contributed by atoms with Crippen molar-refractivity contribution in [2.24, 2.45) is 0 Å². The molecule has 0 fully saturated rings. The van der Waals surface area contributed by atoms with Crippen molar-refractivity contribution < 1.29 is 17.6 Å². The molecule has 0 saturated heterocycles. The van der Waals surface area contributed by atoms with Crippen LogP contribution in [-0.4, -0.2) is 15.0 Å². The highest BCUT2D eigenvalue weighted by atomic mass is 32.2. The van der Waals surface area contributed by atoms with Crippen LogP contribution in [0.5, 0.6) is 0 Å². The number of nitrogens with zero attached hydrogens (tertiary/aromatic N) is 3. The monoisotopic (exact) mass is 343 g/mol. The first kappa shape index (κ1) is 15.0. The highest BCUT2D eigenvalue weighted by Crippen LogP contribution is 2.29. The summed E-state index contributed by atoms with van der Waals surface area (Å²) < 4.78 is 43.0. The third-order valence-corrected chi connectivity index (χ3v) is 4.31. The van der Waals surface area contributed by atoms with Gasteiger partial charge in [0, 0.05) is 11.9 Å². The van der Waals surface area contributed by atoms with E-state index in [0.29, 0.717) is 17.3 Å². The SMILES string of the molecule is FC(F)(F)c1ccnc(SCc2coc(-c3cccs3)n2)n1. The van der Waals surface area contributed by atoms with E-state index in [1.54, 1.807) is 0 Å². The Morgan fingerprint density at radius 3 is 2.82 bits per heavy atom. The van der Waals surface area contributed by atoms with Crippen molar-refractivity contribution >= 4 is 23.1 Å². The maximum absolute atomic E-state index is 12.6. The maximum atomic E-state index is 12.6. The lowest BCUT2D eigenvalue weighted by atomic mass is 10.4. The molecule has 9 heteroatoms. The van der Waals surface area contributed by atoms with Crippen molar-refractivity contribution in [2.75, 3.05) is 0 Å². The van der Waals surface area contributed by atoms with Gasteiger partial charge in [0.2, 0.25) is 5.89 Å². The Hall–Kier alpha value is -1.87. The van der Waals surface area contributed by atoms with Gasteiger partial charge in [-0.25, -0.2) is 15.0 Å². The van der Waals surface area contributed by atoms with Crippen LogP contribution in [-0.2, 0) is 11.9 Å². The standard InChI is InChI=1S/C13H8F3N3OS2/c14-13(15,16)10-3-4-17-12(19-10)22-7-8-6-20-11(18-8)9-2-1-5-21-9/h1-6H,7H2. The van der Waals surface area contributed by atoms with Crippen LogP contribution in [0, 0.1) is 0 Å². The zero-order valence-electron chi connectivity index (χ0n) is 10.9. The van der Waals surface area contributed by atoms with E-state index in [2.05, 4.69) is 15.0 Å². The molecule has 0 aliphatic carbocycles. The minimum atomic E-state index is -4.47. The molecular formula is C13H8F3N3OS2. The summed E-state index contributed by atoms with van der Waals surface area (Å²) >= 11 is 2.57. The van der Waals surface area contributed by atoms with E-state index in [1.165, 1.54) is 17.6 Å². The van der Waals surface area contributed by atoms with Crippen molar-refractivity contribution in [1.29, 1.82) is 0 Å². The number of alkyl halides is 3. The first-order chi connectivity index (χ1) is 10.5. The molecule has 0 unspecified atom stereocenters. The Labute approximate surface area is 131 Å². The van der Waals surface area contributed by atoms with Gasteiger partial charge in [-0.05, 0) is 17.5 Å². The molecule has 22 heavy (non-hydrogen) atoms. The number of rotatable bonds is 4. The smallest absolute Gasteiger partial charge is 0.433 e. The van der Waals surface area contributed by atoms with E-state index in [1.807, 2.05) is 17.5 Å². The molecule has 0 spiro atoms. The third-order valence-electron chi connectivity index (χ3n) is 2.56. The molecule has 0 bridgehead atoms. The van der Waals surface area contributed by atoms with Gasteiger partial charge >= 0.3 is 6.18 Å². The van der Waals surface area contributed by atoms with Gasteiger partial charge in [-0.15, -0.1) is 11.3 Å². The van der Waals surface area contributed by atoms with Crippen molar-refractivity contribution in [3.63, 3.8) is 0 Å². The maximum Gasteiger partial charge on any atom is 0.433 e. The molecule has 114 valence electrons. The fraction of sp³-hybridized carbons (Fsp3) is 0.154. The minimum Gasteiger partial charge on any atom is -0.444 e. The summed E-state index contributed by atoms with van der Waals surface area (Å²) in [5.41, 5.74) is -0.334. The summed E-state index contributed by atoms with van der Waals surface area (Å²) in [6.07, 6.45) is -1.90. The molecule has 3 aromatic rings. The second-order valence-electron chi connectivity index (χ2n) is 4.13. The van der Waals surface area contributed by atoms with Gasteiger partial charge < -0.3 is 4.42 Å². The molecule has 4 nitrogen and oxygen atoms in total. The lowest BCUT2D eigenvalue weighted by molar-refractivity contribution is -0.141. The van der Waals surface area contributed by atoms with E-state index in [4.69, 9.17) is 4.42 Å². The molecule has 0 radical (unpaired) electrons. The Bertz CT molecular complexity index is 756. The summed E-state index contributed by atoms with van der Waals surface area (Å²) in [7, 11) is 0. The molecule has 0 N–H and O–H groups in total.